The van der Waals surface area contributed by atoms with Gasteiger partial charge in [-0.2, -0.15) is 21.6 Å². The molecule has 1 unspecified atom stereocenters. The lowest BCUT2D eigenvalue weighted by atomic mass is 10.1. The maximum atomic E-state index is 13.3. The van der Waals surface area contributed by atoms with Crippen molar-refractivity contribution >= 4 is 39.4 Å². The zero-order chi connectivity index (χ0) is 25.4. The molecule has 11 nitrogen and oxygen atoms in total. The summed E-state index contributed by atoms with van der Waals surface area (Å²) >= 11 is 0. The molecular formula is C20H21F3N6O5S. The number of aromatic nitrogens is 2. The summed E-state index contributed by atoms with van der Waals surface area (Å²) in [5.74, 6) is -0.784. The molecular weight excluding hydrogens is 493 g/mol. The van der Waals surface area contributed by atoms with Gasteiger partial charge in [0.15, 0.2) is 5.82 Å². The summed E-state index contributed by atoms with van der Waals surface area (Å²) in [5.41, 5.74) is 0.176. The predicted molar refractivity (Wildman–Crippen MR) is 119 cm³/mol. The van der Waals surface area contributed by atoms with Crippen LogP contribution in [0.3, 0.4) is 0 Å². The molecule has 35 heavy (non-hydrogen) atoms. The first-order valence-electron chi connectivity index (χ1n) is 10.4. The summed E-state index contributed by atoms with van der Waals surface area (Å²) in [4.78, 5) is 37.3. The van der Waals surface area contributed by atoms with Crippen LogP contribution in [0.1, 0.15) is 16.9 Å². The molecule has 3 amide bonds. The number of halogens is 3. The van der Waals surface area contributed by atoms with E-state index < -0.39 is 40.9 Å². The highest BCUT2D eigenvalue weighted by atomic mass is 32.2. The third kappa shape index (κ3) is 5.62. The van der Waals surface area contributed by atoms with Gasteiger partial charge < -0.3 is 10.2 Å². The molecule has 188 valence electrons. The van der Waals surface area contributed by atoms with Crippen molar-refractivity contribution in [1.82, 2.24) is 15.3 Å². The van der Waals surface area contributed by atoms with Crippen LogP contribution in [-0.4, -0.2) is 74.5 Å². The monoisotopic (exact) mass is 514 g/mol. The van der Waals surface area contributed by atoms with Crippen molar-refractivity contribution in [2.75, 3.05) is 41.1 Å². The number of nitrogens with one attached hydrogen (secondary N) is 2. The fraction of sp³-hybridized carbons (Fsp3) is 0.400. The lowest BCUT2D eigenvalue weighted by Crippen LogP contribution is -2.50. The van der Waals surface area contributed by atoms with E-state index in [1.54, 1.807) is 23.5 Å². The number of fused-ring (bicyclic) bond motifs is 4. The summed E-state index contributed by atoms with van der Waals surface area (Å²) in [6.45, 7) is -0.153. The molecule has 0 radical (unpaired) electrons. The van der Waals surface area contributed by atoms with Crippen LogP contribution in [0.2, 0.25) is 0 Å². The maximum absolute atomic E-state index is 13.3. The molecule has 1 saturated heterocycles. The van der Waals surface area contributed by atoms with Crippen LogP contribution in [0.5, 0.6) is 0 Å². The molecule has 4 rings (SSSR count). The highest BCUT2D eigenvalue weighted by Crippen LogP contribution is 2.39. The van der Waals surface area contributed by atoms with Crippen LogP contribution in [0.4, 0.5) is 35.3 Å². The quantitative estimate of drug-likeness (QED) is 0.557. The van der Waals surface area contributed by atoms with E-state index in [9.17, 15) is 31.2 Å². The standard InChI is InChI=1S/C20H21F3N6O5S/c1-35(32,33)34-11-15(20(21,22)23)26-18(30)13-5-6-14-17(25-13)29(12-7-9-28(14)10-12)19(31)27-16-4-2-3-8-24-16/h2-6,8,12,15H,7,9-11H2,1H3,(H,26,30)(H,24,27,31)/t12-,15?/m0/s1. The average molecular weight is 514 g/mol. The largest absolute Gasteiger partial charge is 0.410 e. The molecule has 2 aliphatic rings. The lowest BCUT2D eigenvalue weighted by molar-refractivity contribution is -0.159. The van der Waals surface area contributed by atoms with Gasteiger partial charge in [-0.3, -0.25) is 19.2 Å². The molecule has 15 heteroatoms. The fourth-order valence-electron chi connectivity index (χ4n) is 3.85. The van der Waals surface area contributed by atoms with E-state index in [0.29, 0.717) is 37.3 Å². The number of alkyl halides is 3. The van der Waals surface area contributed by atoms with Gasteiger partial charge in [-0.1, -0.05) is 6.07 Å². The normalized spacial score (nSPS) is 18.1. The number of amides is 3. The highest BCUT2D eigenvalue weighted by Gasteiger charge is 2.43. The van der Waals surface area contributed by atoms with Crippen molar-refractivity contribution in [3.8, 4) is 0 Å². The van der Waals surface area contributed by atoms with Gasteiger partial charge in [0.1, 0.15) is 17.6 Å². The third-order valence-corrected chi connectivity index (χ3v) is 6.02. The Kier molecular flexibility index (Phi) is 6.55. The zero-order valence-electron chi connectivity index (χ0n) is 18.3. The van der Waals surface area contributed by atoms with Crippen LogP contribution in [0, 0.1) is 0 Å². The second kappa shape index (κ2) is 9.30. The Morgan fingerprint density at radius 3 is 2.69 bits per heavy atom. The van der Waals surface area contributed by atoms with Gasteiger partial charge in [0.25, 0.3) is 16.0 Å². The van der Waals surface area contributed by atoms with Gasteiger partial charge in [-0.25, -0.2) is 14.8 Å². The van der Waals surface area contributed by atoms with Crippen molar-refractivity contribution in [3.05, 3.63) is 42.2 Å². The Morgan fingerprint density at radius 2 is 2.03 bits per heavy atom. The smallest absolute Gasteiger partial charge is 0.366 e. The Bertz CT molecular complexity index is 1230. The highest BCUT2D eigenvalue weighted by molar-refractivity contribution is 7.85. The summed E-state index contributed by atoms with van der Waals surface area (Å²) in [6.07, 6.45) is -2.25. The molecule has 2 bridgehead atoms. The van der Waals surface area contributed by atoms with Crippen molar-refractivity contribution < 1.29 is 35.4 Å². The Labute approximate surface area is 198 Å². The van der Waals surface area contributed by atoms with Crippen LogP contribution in [-0.2, 0) is 14.3 Å². The number of urea groups is 1. The number of anilines is 3. The van der Waals surface area contributed by atoms with Gasteiger partial charge in [0.05, 0.1) is 24.6 Å². The molecule has 1 fully saturated rings. The second-order valence-electron chi connectivity index (χ2n) is 8.00. The number of pyridine rings is 2. The zero-order valence-corrected chi connectivity index (χ0v) is 19.1. The van der Waals surface area contributed by atoms with Gasteiger partial charge in [0.2, 0.25) is 0 Å². The van der Waals surface area contributed by atoms with Crippen molar-refractivity contribution in [2.45, 2.75) is 24.7 Å². The molecule has 0 aliphatic carbocycles. The molecule has 2 aromatic rings. The summed E-state index contributed by atoms with van der Waals surface area (Å²) in [7, 11) is -4.17. The molecule has 0 aromatic carbocycles. The third-order valence-electron chi connectivity index (χ3n) is 5.45. The van der Waals surface area contributed by atoms with Crippen molar-refractivity contribution in [2.24, 2.45) is 0 Å². The number of carbonyl (C=O) groups excluding carboxylic acids is 2. The van der Waals surface area contributed by atoms with Gasteiger partial charge in [-0.05, 0) is 30.7 Å². The minimum atomic E-state index is -4.98. The minimum absolute atomic E-state index is 0.121. The number of rotatable bonds is 6. The minimum Gasteiger partial charge on any atom is -0.366 e. The van der Waals surface area contributed by atoms with Crippen molar-refractivity contribution in [1.29, 1.82) is 0 Å². The Balaban J connectivity index is 1.59. The first-order chi connectivity index (χ1) is 16.4. The molecule has 2 N–H and O–H groups in total. The molecule has 2 atom stereocenters. The van der Waals surface area contributed by atoms with E-state index in [4.69, 9.17) is 0 Å². The Hall–Kier alpha value is -3.46. The van der Waals surface area contributed by atoms with Gasteiger partial charge in [-0.15, -0.1) is 0 Å². The number of hydrogen-bond acceptors (Lipinski definition) is 8. The molecule has 0 spiro atoms. The molecule has 2 aromatic heterocycles. The number of hydrogen-bond donors (Lipinski definition) is 2. The van der Waals surface area contributed by atoms with Crippen LogP contribution in [0.25, 0.3) is 0 Å². The van der Waals surface area contributed by atoms with Gasteiger partial charge in [0, 0.05) is 19.3 Å². The summed E-state index contributed by atoms with van der Waals surface area (Å²) in [6, 6.07) is 4.32. The Morgan fingerprint density at radius 1 is 1.26 bits per heavy atom. The lowest BCUT2D eigenvalue weighted by Gasteiger charge is -2.35. The van der Waals surface area contributed by atoms with Crippen LogP contribution in [0.15, 0.2) is 36.5 Å². The number of nitrogens with zero attached hydrogens (tertiary/aromatic N) is 4. The summed E-state index contributed by atoms with van der Waals surface area (Å²) < 4.78 is 66.5. The fourth-order valence-corrected chi connectivity index (χ4v) is 4.23. The van der Waals surface area contributed by atoms with Crippen molar-refractivity contribution in [3.63, 3.8) is 0 Å². The van der Waals surface area contributed by atoms with E-state index >= 15 is 0 Å². The van der Waals surface area contributed by atoms with E-state index in [-0.39, 0.29) is 17.6 Å². The molecule has 0 saturated carbocycles. The average Bonchev–Trinajstić information content (AvgIpc) is 3.19. The second-order valence-corrected chi connectivity index (χ2v) is 9.64. The maximum Gasteiger partial charge on any atom is 0.410 e. The first kappa shape index (κ1) is 24.7. The molecule has 4 heterocycles. The topological polar surface area (TPSA) is 134 Å². The van der Waals surface area contributed by atoms with Gasteiger partial charge >= 0.3 is 12.2 Å². The SMILES string of the molecule is CS(=O)(=O)OCC(NC(=O)c1ccc2c(n1)N(C(=O)Nc1ccccn1)[C@H]1CCN2C1)C(F)(F)F. The van der Waals surface area contributed by atoms with Crippen LogP contribution >= 0.6 is 0 Å². The van der Waals surface area contributed by atoms with E-state index in [0.717, 1.165) is 0 Å². The van der Waals surface area contributed by atoms with Crippen LogP contribution < -0.4 is 20.4 Å². The van der Waals surface area contributed by atoms with E-state index in [1.165, 1.54) is 23.2 Å². The number of carbonyl (C=O) groups is 2. The summed E-state index contributed by atoms with van der Waals surface area (Å²) in [5, 5.41) is 4.38. The van der Waals surface area contributed by atoms with E-state index in [1.807, 2.05) is 4.90 Å². The van der Waals surface area contributed by atoms with E-state index in [2.05, 4.69) is 19.5 Å². The first-order valence-corrected chi connectivity index (χ1v) is 12.2. The molecule has 2 aliphatic heterocycles. The predicted octanol–water partition coefficient (Wildman–Crippen LogP) is 1.74.